The highest BCUT2D eigenvalue weighted by Gasteiger charge is 2.10. The lowest BCUT2D eigenvalue weighted by Crippen LogP contribution is -2.15. The number of ether oxygens (including phenoxy) is 1. The van der Waals surface area contributed by atoms with Gasteiger partial charge in [0, 0.05) is 12.2 Å². The minimum absolute atomic E-state index is 0.0338. The largest absolute Gasteiger partial charge is 0.373 e. The summed E-state index contributed by atoms with van der Waals surface area (Å²) in [6, 6.07) is 5.73. The molecule has 1 unspecified atom stereocenters. The van der Waals surface area contributed by atoms with Crippen LogP contribution in [-0.4, -0.2) is 19.0 Å². The summed E-state index contributed by atoms with van der Waals surface area (Å²) in [5, 5.41) is 0. The van der Waals surface area contributed by atoms with Gasteiger partial charge in [0.25, 0.3) is 0 Å². The minimum atomic E-state index is -0.389. The van der Waals surface area contributed by atoms with Gasteiger partial charge in [-0.3, -0.25) is 4.79 Å². The highest BCUT2D eigenvalue weighted by molar-refractivity contribution is 5.97. The Balaban J connectivity index is 2.34. The van der Waals surface area contributed by atoms with Crippen molar-refractivity contribution < 1.29 is 13.9 Å². The molecule has 0 saturated heterocycles. The first-order valence-electron chi connectivity index (χ1n) is 7.03. The third-order valence-corrected chi connectivity index (χ3v) is 3.28. The average Bonchev–Trinajstić information content (AvgIpc) is 2.42. The van der Waals surface area contributed by atoms with Crippen LogP contribution in [-0.2, 0) is 4.74 Å². The molecule has 1 rings (SSSR count). The van der Waals surface area contributed by atoms with Crippen LogP contribution in [0.15, 0.2) is 24.3 Å². The van der Waals surface area contributed by atoms with Crippen molar-refractivity contribution >= 4 is 5.78 Å². The Bertz CT molecular complexity index is 390. The number of hydrogen-bond acceptors (Lipinski definition) is 2. The lowest BCUT2D eigenvalue weighted by molar-refractivity contribution is 0.0658. The molecule has 0 fully saturated rings. The quantitative estimate of drug-likeness (QED) is 0.625. The predicted molar refractivity (Wildman–Crippen MR) is 74.9 cm³/mol. The number of benzene rings is 1. The topological polar surface area (TPSA) is 26.3 Å². The summed E-state index contributed by atoms with van der Waals surface area (Å²) >= 11 is 0. The van der Waals surface area contributed by atoms with Crippen LogP contribution in [0.25, 0.3) is 0 Å². The second kappa shape index (κ2) is 8.81. The zero-order valence-electron chi connectivity index (χ0n) is 11.8. The summed E-state index contributed by atoms with van der Waals surface area (Å²) in [6.07, 6.45) is 4.58. The number of carbonyl (C=O) groups excluding carboxylic acids is 1. The molecule has 0 radical (unpaired) electrons. The SMILES string of the molecule is CCCCC(CC)COCC(=O)c1cccc(F)c1. The fourth-order valence-corrected chi connectivity index (χ4v) is 1.96. The highest BCUT2D eigenvalue weighted by Crippen LogP contribution is 2.13. The fraction of sp³-hybridized carbons (Fsp3) is 0.562. The van der Waals surface area contributed by atoms with E-state index in [1.54, 1.807) is 12.1 Å². The maximum Gasteiger partial charge on any atom is 0.188 e. The van der Waals surface area contributed by atoms with Crippen molar-refractivity contribution in [1.82, 2.24) is 0 Å². The molecule has 1 aromatic carbocycles. The second-order valence-corrected chi connectivity index (χ2v) is 4.87. The van der Waals surface area contributed by atoms with Crippen molar-refractivity contribution in [2.24, 2.45) is 5.92 Å². The van der Waals surface area contributed by atoms with E-state index in [-0.39, 0.29) is 18.2 Å². The van der Waals surface area contributed by atoms with E-state index >= 15 is 0 Å². The van der Waals surface area contributed by atoms with Gasteiger partial charge in [0.1, 0.15) is 12.4 Å². The van der Waals surface area contributed by atoms with E-state index in [9.17, 15) is 9.18 Å². The molecule has 0 bridgehead atoms. The van der Waals surface area contributed by atoms with Crippen LogP contribution in [0.1, 0.15) is 49.9 Å². The predicted octanol–water partition coefficient (Wildman–Crippen LogP) is 4.24. The molecule has 2 nitrogen and oxygen atoms in total. The van der Waals surface area contributed by atoms with E-state index in [1.807, 2.05) is 0 Å². The molecule has 0 aliphatic carbocycles. The molecule has 1 aromatic rings. The van der Waals surface area contributed by atoms with Crippen molar-refractivity contribution in [1.29, 1.82) is 0 Å². The summed E-state index contributed by atoms with van der Waals surface area (Å²) in [5.41, 5.74) is 0.376. The van der Waals surface area contributed by atoms with Crippen LogP contribution in [0.4, 0.5) is 4.39 Å². The molecule has 3 heteroatoms. The molecule has 19 heavy (non-hydrogen) atoms. The fourth-order valence-electron chi connectivity index (χ4n) is 1.96. The molecule has 0 aliphatic heterocycles. The van der Waals surface area contributed by atoms with E-state index in [2.05, 4.69) is 13.8 Å². The van der Waals surface area contributed by atoms with Gasteiger partial charge in [0.15, 0.2) is 5.78 Å². The van der Waals surface area contributed by atoms with Crippen molar-refractivity contribution in [3.63, 3.8) is 0 Å². The van der Waals surface area contributed by atoms with Crippen molar-refractivity contribution in [3.8, 4) is 0 Å². The molecule has 1 atom stereocenters. The van der Waals surface area contributed by atoms with Gasteiger partial charge in [0.05, 0.1) is 0 Å². The number of Topliss-reactive ketones (excluding diaryl/α,β-unsaturated/α-hetero) is 1. The Kier molecular flexibility index (Phi) is 7.34. The molecule has 106 valence electrons. The van der Waals surface area contributed by atoms with Gasteiger partial charge in [-0.2, -0.15) is 0 Å². The summed E-state index contributed by atoms with van der Waals surface area (Å²) in [7, 11) is 0. The van der Waals surface area contributed by atoms with Crippen LogP contribution >= 0.6 is 0 Å². The third-order valence-electron chi connectivity index (χ3n) is 3.28. The van der Waals surface area contributed by atoms with Gasteiger partial charge in [0.2, 0.25) is 0 Å². The number of halogens is 1. The number of carbonyl (C=O) groups is 1. The summed E-state index contributed by atoms with van der Waals surface area (Å²) in [4.78, 5) is 11.8. The Morgan fingerprint density at radius 2 is 2.16 bits per heavy atom. The maximum atomic E-state index is 13.0. The van der Waals surface area contributed by atoms with E-state index in [4.69, 9.17) is 4.74 Å². The van der Waals surface area contributed by atoms with Gasteiger partial charge in [-0.1, -0.05) is 45.2 Å². The van der Waals surface area contributed by atoms with Crippen LogP contribution in [0.3, 0.4) is 0 Å². The first-order chi connectivity index (χ1) is 9.17. The standard InChI is InChI=1S/C16H23FO2/c1-3-5-7-13(4-2)11-19-12-16(18)14-8-6-9-15(17)10-14/h6,8-10,13H,3-5,7,11-12H2,1-2H3. The highest BCUT2D eigenvalue weighted by atomic mass is 19.1. The maximum absolute atomic E-state index is 13.0. The van der Waals surface area contributed by atoms with E-state index < -0.39 is 0 Å². The molecule has 0 saturated carbocycles. The molecule has 0 spiro atoms. The third kappa shape index (κ3) is 5.97. The Labute approximate surface area is 115 Å². The zero-order chi connectivity index (χ0) is 14.1. The van der Waals surface area contributed by atoms with Crippen molar-refractivity contribution in [3.05, 3.63) is 35.6 Å². The molecule has 0 aliphatic rings. The number of hydrogen-bond donors (Lipinski definition) is 0. The van der Waals surface area contributed by atoms with Gasteiger partial charge in [-0.25, -0.2) is 4.39 Å². The van der Waals surface area contributed by atoms with E-state index in [0.717, 1.165) is 12.8 Å². The molecule has 0 amide bonds. The van der Waals surface area contributed by atoms with Gasteiger partial charge >= 0.3 is 0 Å². The molecule has 0 heterocycles. The Morgan fingerprint density at radius 3 is 2.79 bits per heavy atom. The Morgan fingerprint density at radius 1 is 1.37 bits per heavy atom. The molecule has 0 aromatic heterocycles. The first-order valence-corrected chi connectivity index (χ1v) is 7.03. The smallest absolute Gasteiger partial charge is 0.188 e. The van der Waals surface area contributed by atoms with Gasteiger partial charge < -0.3 is 4.74 Å². The summed E-state index contributed by atoms with van der Waals surface area (Å²) < 4.78 is 18.4. The van der Waals surface area contributed by atoms with Crippen LogP contribution in [0.2, 0.25) is 0 Å². The normalized spacial score (nSPS) is 12.4. The summed E-state index contributed by atoms with van der Waals surface area (Å²) in [6.45, 7) is 4.95. The van der Waals surface area contributed by atoms with Gasteiger partial charge in [-0.05, 0) is 24.5 Å². The summed E-state index contributed by atoms with van der Waals surface area (Å²) in [5.74, 6) is -0.0367. The molecule has 0 N–H and O–H groups in total. The number of rotatable bonds is 9. The van der Waals surface area contributed by atoms with Crippen LogP contribution in [0, 0.1) is 11.7 Å². The lowest BCUT2D eigenvalue weighted by Gasteiger charge is -2.14. The second-order valence-electron chi connectivity index (χ2n) is 4.87. The molecular weight excluding hydrogens is 243 g/mol. The minimum Gasteiger partial charge on any atom is -0.373 e. The lowest BCUT2D eigenvalue weighted by atomic mass is 10.0. The van der Waals surface area contributed by atoms with E-state index in [0.29, 0.717) is 18.1 Å². The zero-order valence-corrected chi connectivity index (χ0v) is 11.8. The number of unbranched alkanes of at least 4 members (excludes halogenated alkanes) is 1. The average molecular weight is 266 g/mol. The number of ketones is 1. The van der Waals surface area contributed by atoms with E-state index in [1.165, 1.54) is 25.0 Å². The molecular formula is C16H23FO2. The van der Waals surface area contributed by atoms with Crippen LogP contribution < -0.4 is 0 Å². The Hall–Kier alpha value is -1.22. The van der Waals surface area contributed by atoms with Crippen LogP contribution in [0.5, 0.6) is 0 Å². The first kappa shape index (κ1) is 15.8. The monoisotopic (exact) mass is 266 g/mol. The van der Waals surface area contributed by atoms with Crippen molar-refractivity contribution in [2.75, 3.05) is 13.2 Å². The van der Waals surface area contributed by atoms with Crippen molar-refractivity contribution in [2.45, 2.75) is 39.5 Å². The van der Waals surface area contributed by atoms with Gasteiger partial charge in [-0.15, -0.1) is 0 Å².